The van der Waals surface area contributed by atoms with Crippen molar-refractivity contribution in [1.82, 2.24) is 0 Å². The number of ether oxygens (including phenoxy) is 1. The Morgan fingerprint density at radius 1 is 1.27 bits per heavy atom. The summed E-state index contributed by atoms with van der Waals surface area (Å²) in [7, 11) is 0. The van der Waals surface area contributed by atoms with E-state index in [4.69, 9.17) is 10.00 Å². The van der Waals surface area contributed by atoms with Crippen LogP contribution in [0.15, 0.2) is 46.9 Å². The van der Waals surface area contributed by atoms with Crippen LogP contribution >= 0.6 is 15.9 Å². The maximum Gasteiger partial charge on any atom is 0.268 e. The highest BCUT2D eigenvalue weighted by molar-refractivity contribution is 9.10. The summed E-state index contributed by atoms with van der Waals surface area (Å²) in [5.74, 6) is 0.624. The second-order valence-electron chi connectivity index (χ2n) is 5.11. The van der Waals surface area contributed by atoms with E-state index in [0.717, 1.165) is 15.7 Å². The van der Waals surface area contributed by atoms with Crippen molar-refractivity contribution in [2.24, 2.45) is 0 Å². The van der Waals surface area contributed by atoms with Crippen molar-refractivity contribution in [3.63, 3.8) is 0 Å². The van der Waals surface area contributed by atoms with Gasteiger partial charge in [-0.1, -0.05) is 28.1 Å². The SMILES string of the molecule is CC1Oc2ccc(Br)cc2N(Cc2ccc(C#N)cc2)C1=O. The molecule has 1 aliphatic heterocycles. The topological polar surface area (TPSA) is 53.3 Å². The van der Waals surface area contributed by atoms with Crippen molar-refractivity contribution >= 4 is 27.5 Å². The van der Waals surface area contributed by atoms with Crippen LogP contribution in [0.4, 0.5) is 5.69 Å². The first-order chi connectivity index (χ1) is 10.6. The maximum absolute atomic E-state index is 12.5. The lowest BCUT2D eigenvalue weighted by atomic mass is 10.1. The Hall–Kier alpha value is -2.32. The zero-order chi connectivity index (χ0) is 15.7. The van der Waals surface area contributed by atoms with E-state index in [1.54, 1.807) is 24.0 Å². The highest BCUT2D eigenvalue weighted by Crippen LogP contribution is 2.37. The Morgan fingerprint density at radius 3 is 2.68 bits per heavy atom. The van der Waals surface area contributed by atoms with E-state index < -0.39 is 6.10 Å². The first-order valence-electron chi connectivity index (χ1n) is 6.85. The summed E-state index contributed by atoms with van der Waals surface area (Å²) in [6.07, 6.45) is -0.507. The Morgan fingerprint density at radius 2 is 2.00 bits per heavy atom. The van der Waals surface area contributed by atoms with Crippen LogP contribution in [0.25, 0.3) is 0 Å². The van der Waals surface area contributed by atoms with Crippen LogP contribution in [0, 0.1) is 11.3 Å². The first kappa shape index (κ1) is 14.6. The molecular formula is C17H13BrN2O2. The molecule has 2 aromatic carbocycles. The van der Waals surface area contributed by atoms with E-state index in [1.807, 2.05) is 30.3 Å². The molecule has 1 aliphatic rings. The van der Waals surface area contributed by atoms with Crippen molar-refractivity contribution in [2.45, 2.75) is 19.6 Å². The third-order valence-corrected chi connectivity index (χ3v) is 4.05. The molecule has 3 rings (SSSR count). The molecule has 0 radical (unpaired) electrons. The molecule has 110 valence electrons. The summed E-state index contributed by atoms with van der Waals surface area (Å²) in [5.41, 5.74) is 2.32. The third-order valence-electron chi connectivity index (χ3n) is 3.55. The zero-order valence-electron chi connectivity index (χ0n) is 11.9. The van der Waals surface area contributed by atoms with E-state index in [2.05, 4.69) is 22.0 Å². The number of rotatable bonds is 2. The van der Waals surface area contributed by atoms with Gasteiger partial charge < -0.3 is 9.64 Å². The molecule has 0 saturated heterocycles. The standard InChI is InChI=1S/C17H13BrN2O2/c1-11-17(21)20(10-13-4-2-12(9-19)3-5-13)15-8-14(18)6-7-16(15)22-11/h2-8,11H,10H2,1H3. The first-order valence-corrected chi connectivity index (χ1v) is 7.64. The van der Waals surface area contributed by atoms with Gasteiger partial charge in [0, 0.05) is 4.47 Å². The number of fused-ring (bicyclic) bond motifs is 1. The molecule has 0 N–H and O–H groups in total. The fourth-order valence-corrected chi connectivity index (χ4v) is 2.76. The number of carbonyl (C=O) groups is 1. The number of benzene rings is 2. The molecule has 22 heavy (non-hydrogen) atoms. The average Bonchev–Trinajstić information content (AvgIpc) is 2.53. The van der Waals surface area contributed by atoms with Gasteiger partial charge in [-0.05, 0) is 42.8 Å². The van der Waals surface area contributed by atoms with E-state index >= 15 is 0 Å². The number of nitrogens with zero attached hydrogens (tertiary/aromatic N) is 2. The van der Waals surface area contributed by atoms with Crippen LogP contribution in [0.2, 0.25) is 0 Å². The molecule has 0 aliphatic carbocycles. The molecule has 0 aromatic heterocycles. The fraction of sp³-hybridized carbons (Fsp3) is 0.176. The van der Waals surface area contributed by atoms with Gasteiger partial charge in [0.05, 0.1) is 23.9 Å². The lowest BCUT2D eigenvalue weighted by Crippen LogP contribution is -2.44. The van der Waals surface area contributed by atoms with Crippen molar-refractivity contribution in [2.75, 3.05) is 4.90 Å². The minimum Gasteiger partial charge on any atom is -0.479 e. The van der Waals surface area contributed by atoms with Gasteiger partial charge in [0.1, 0.15) is 5.75 Å². The van der Waals surface area contributed by atoms with Crippen LogP contribution in [0.3, 0.4) is 0 Å². The van der Waals surface area contributed by atoms with Crippen LogP contribution in [0.1, 0.15) is 18.1 Å². The van der Waals surface area contributed by atoms with E-state index in [9.17, 15) is 4.79 Å². The van der Waals surface area contributed by atoms with Gasteiger partial charge in [-0.25, -0.2) is 0 Å². The van der Waals surface area contributed by atoms with Gasteiger partial charge in [-0.2, -0.15) is 5.26 Å². The fourth-order valence-electron chi connectivity index (χ4n) is 2.41. The number of hydrogen-bond donors (Lipinski definition) is 0. The number of carbonyl (C=O) groups excluding carboxylic acids is 1. The molecule has 0 fully saturated rings. The molecule has 0 saturated carbocycles. The molecule has 1 unspecified atom stereocenters. The van der Waals surface area contributed by atoms with Gasteiger partial charge in [0.15, 0.2) is 6.10 Å². The lowest BCUT2D eigenvalue weighted by molar-refractivity contribution is -0.125. The molecular weight excluding hydrogens is 344 g/mol. The number of hydrogen-bond acceptors (Lipinski definition) is 3. The lowest BCUT2D eigenvalue weighted by Gasteiger charge is -2.33. The second kappa shape index (κ2) is 5.82. The van der Waals surface area contributed by atoms with Crippen LogP contribution in [-0.2, 0) is 11.3 Å². The molecule has 2 aromatic rings. The molecule has 0 spiro atoms. The summed E-state index contributed by atoms with van der Waals surface area (Å²) in [4.78, 5) is 14.2. The van der Waals surface area contributed by atoms with Crippen molar-refractivity contribution < 1.29 is 9.53 Å². The quantitative estimate of drug-likeness (QED) is 0.825. The monoisotopic (exact) mass is 356 g/mol. The molecule has 1 heterocycles. The number of halogens is 1. The highest BCUT2D eigenvalue weighted by atomic mass is 79.9. The average molecular weight is 357 g/mol. The van der Waals surface area contributed by atoms with Crippen molar-refractivity contribution in [3.05, 3.63) is 58.1 Å². The largest absolute Gasteiger partial charge is 0.479 e. The van der Waals surface area contributed by atoms with E-state index in [1.165, 1.54) is 0 Å². The number of amides is 1. The normalized spacial score (nSPS) is 16.7. The second-order valence-corrected chi connectivity index (χ2v) is 6.02. The van der Waals surface area contributed by atoms with E-state index in [-0.39, 0.29) is 5.91 Å². The maximum atomic E-state index is 12.5. The number of nitriles is 1. The van der Waals surface area contributed by atoms with Crippen molar-refractivity contribution in [3.8, 4) is 11.8 Å². The summed E-state index contributed by atoms with van der Waals surface area (Å²) >= 11 is 3.43. The third kappa shape index (κ3) is 2.70. The van der Waals surface area contributed by atoms with Crippen LogP contribution in [-0.4, -0.2) is 12.0 Å². The predicted octanol–water partition coefficient (Wildman–Crippen LogP) is 3.63. The van der Waals surface area contributed by atoms with Gasteiger partial charge in [0.25, 0.3) is 5.91 Å². The number of anilines is 1. The Kier molecular flexibility index (Phi) is 3.86. The Balaban J connectivity index is 1.96. The molecule has 5 heteroatoms. The smallest absolute Gasteiger partial charge is 0.268 e. The predicted molar refractivity (Wildman–Crippen MR) is 86.6 cm³/mol. The Bertz CT molecular complexity index is 765. The minimum absolute atomic E-state index is 0.0741. The summed E-state index contributed by atoms with van der Waals surface area (Å²) in [6.45, 7) is 2.20. The Labute approximate surface area is 137 Å². The summed E-state index contributed by atoms with van der Waals surface area (Å²) in [6, 6.07) is 15.0. The summed E-state index contributed by atoms with van der Waals surface area (Å²) in [5, 5.41) is 8.85. The minimum atomic E-state index is -0.507. The molecule has 1 atom stereocenters. The van der Waals surface area contributed by atoms with Crippen LogP contribution in [0.5, 0.6) is 5.75 Å². The molecule has 0 bridgehead atoms. The van der Waals surface area contributed by atoms with Gasteiger partial charge in [0.2, 0.25) is 0 Å². The molecule has 1 amide bonds. The summed E-state index contributed by atoms with van der Waals surface area (Å²) < 4.78 is 6.54. The molecule has 4 nitrogen and oxygen atoms in total. The van der Waals surface area contributed by atoms with Gasteiger partial charge in [-0.3, -0.25) is 4.79 Å². The van der Waals surface area contributed by atoms with Gasteiger partial charge in [-0.15, -0.1) is 0 Å². The zero-order valence-corrected chi connectivity index (χ0v) is 13.5. The van der Waals surface area contributed by atoms with Crippen molar-refractivity contribution in [1.29, 1.82) is 5.26 Å². The van der Waals surface area contributed by atoms with Gasteiger partial charge >= 0.3 is 0 Å². The van der Waals surface area contributed by atoms with Crippen LogP contribution < -0.4 is 9.64 Å². The highest BCUT2D eigenvalue weighted by Gasteiger charge is 2.31. The van der Waals surface area contributed by atoms with E-state index in [0.29, 0.717) is 17.9 Å².